The maximum absolute atomic E-state index is 11.2. The first-order chi connectivity index (χ1) is 8.34. The molecule has 1 rings (SSSR count). The highest BCUT2D eigenvalue weighted by Gasteiger charge is 2.17. The number of hydrogen-bond acceptors (Lipinski definition) is 7. The molecule has 10 heteroatoms. The fraction of sp³-hybridized carbons (Fsp3) is 0.125. The molecule has 0 bridgehead atoms. The number of nitro groups is 1. The molecule has 0 atom stereocenters. The highest BCUT2D eigenvalue weighted by Crippen LogP contribution is 2.18. The van der Waals surface area contributed by atoms with E-state index in [1.54, 1.807) is 0 Å². The van der Waals surface area contributed by atoms with Gasteiger partial charge in [-0.3, -0.25) is 10.1 Å². The van der Waals surface area contributed by atoms with Gasteiger partial charge in [-0.15, -0.1) is 0 Å². The lowest BCUT2D eigenvalue weighted by atomic mass is 10.3. The van der Waals surface area contributed by atoms with Gasteiger partial charge in [0.1, 0.15) is 5.75 Å². The topological polar surface area (TPSA) is 125 Å². The van der Waals surface area contributed by atoms with Crippen molar-refractivity contribution in [3.63, 3.8) is 0 Å². The van der Waals surface area contributed by atoms with Crippen molar-refractivity contribution < 1.29 is 27.1 Å². The van der Waals surface area contributed by atoms with Gasteiger partial charge in [-0.2, -0.15) is 13.1 Å². The number of non-ortho nitro benzene ring substituents is 1. The molecule has 1 amide bonds. The van der Waals surface area contributed by atoms with Crippen molar-refractivity contribution in [1.29, 1.82) is 0 Å². The molecule has 0 radical (unpaired) electrons. The molecule has 0 aliphatic carbocycles. The van der Waals surface area contributed by atoms with Crippen LogP contribution in [0.25, 0.3) is 0 Å². The first kappa shape index (κ1) is 13.7. The third-order valence-electron chi connectivity index (χ3n) is 1.65. The molecule has 0 heterocycles. The van der Waals surface area contributed by atoms with Gasteiger partial charge in [-0.05, 0) is 12.1 Å². The second-order valence-corrected chi connectivity index (χ2v) is 4.16. The van der Waals surface area contributed by atoms with Crippen LogP contribution in [0, 0.1) is 10.1 Å². The molecule has 0 aromatic heterocycles. The number of nitrogens with one attached hydrogen (secondary N) is 1. The predicted molar refractivity (Wildman–Crippen MR) is 58.2 cm³/mol. The van der Waals surface area contributed by atoms with Gasteiger partial charge < -0.3 is 8.92 Å². The van der Waals surface area contributed by atoms with Gasteiger partial charge in [-0.1, -0.05) is 0 Å². The molecule has 1 aromatic carbocycles. The number of carbonyl (C=O) groups excluding carboxylic acids is 1. The Morgan fingerprint density at radius 1 is 1.33 bits per heavy atom. The Morgan fingerprint density at radius 3 is 2.33 bits per heavy atom. The molecule has 98 valence electrons. The molecule has 0 unspecified atom stereocenters. The van der Waals surface area contributed by atoms with E-state index in [4.69, 9.17) is 0 Å². The van der Waals surface area contributed by atoms with Crippen molar-refractivity contribution in [2.75, 3.05) is 7.11 Å². The van der Waals surface area contributed by atoms with Crippen LogP contribution in [0.4, 0.5) is 10.5 Å². The summed E-state index contributed by atoms with van der Waals surface area (Å²) in [6.07, 6.45) is -1.21. The molecule has 9 nitrogen and oxygen atoms in total. The van der Waals surface area contributed by atoms with Crippen molar-refractivity contribution in [3.8, 4) is 5.75 Å². The Morgan fingerprint density at radius 2 is 1.89 bits per heavy atom. The minimum atomic E-state index is -4.37. The van der Waals surface area contributed by atoms with Crippen molar-refractivity contribution in [3.05, 3.63) is 34.4 Å². The molecular formula is C8H8N2O7S. The zero-order valence-electron chi connectivity index (χ0n) is 9.02. The molecule has 0 fully saturated rings. The Bertz CT molecular complexity index is 551. The normalized spacial score (nSPS) is 10.5. The predicted octanol–water partition coefficient (Wildman–Crippen LogP) is 0.574. The van der Waals surface area contributed by atoms with Crippen LogP contribution in [-0.2, 0) is 15.0 Å². The number of hydrogen-bond donors (Lipinski definition) is 1. The monoisotopic (exact) mass is 276 g/mol. The number of rotatable bonds is 4. The molecular weight excluding hydrogens is 268 g/mol. The van der Waals surface area contributed by atoms with Gasteiger partial charge >= 0.3 is 16.4 Å². The molecule has 0 aliphatic heterocycles. The van der Waals surface area contributed by atoms with Crippen LogP contribution < -0.4 is 8.91 Å². The van der Waals surface area contributed by atoms with E-state index in [9.17, 15) is 23.3 Å². The molecule has 1 aromatic rings. The summed E-state index contributed by atoms with van der Waals surface area (Å²) in [5.74, 6) is -0.183. The first-order valence-electron chi connectivity index (χ1n) is 4.38. The van der Waals surface area contributed by atoms with Crippen molar-refractivity contribution in [1.82, 2.24) is 4.72 Å². The van der Waals surface area contributed by atoms with Crippen LogP contribution in [0.15, 0.2) is 24.3 Å². The number of amides is 1. The van der Waals surface area contributed by atoms with E-state index in [2.05, 4.69) is 8.92 Å². The van der Waals surface area contributed by atoms with Crippen molar-refractivity contribution in [2.24, 2.45) is 0 Å². The maximum atomic E-state index is 11.2. The SMILES string of the molecule is COC(=O)NS(=O)(=O)Oc1ccc([N+](=O)[O-])cc1. The third kappa shape index (κ3) is 3.90. The summed E-state index contributed by atoms with van der Waals surface area (Å²) >= 11 is 0. The Balaban J connectivity index is 2.78. The number of methoxy groups -OCH3 is 1. The van der Waals surface area contributed by atoms with E-state index in [1.165, 1.54) is 4.72 Å². The third-order valence-corrected chi connectivity index (χ3v) is 2.48. The van der Waals surface area contributed by atoms with Crippen molar-refractivity contribution >= 4 is 22.1 Å². The van der Waals surface area contributed by atoms with E-state index in [0.717, 1.165) is 31.4 Å². The van der Waals surface area contributed by atoms with E-state index in [-0.39, 0.29) is 11.4 Å². The molecule has 18 heavy (non-hydrogen) atoms. The number of ether oxygens (including phenoxy) is 1. The zero-order chi connectivity index (χ0) is 13.8. The summed E-state index contributed by atoms with van der Waals surface area (Å²) in [5.41, 5.74) is -0.222. The van der Waals surface area contributed by atoms with Gasteiger partial charge in [0, 0.05) is 12.1 Å². The molecule has 1 N–H and O–H groups in total. The smallest absolute Gasteiger partial charge is 0.423 e. The summed E-state index contributed by atoms with van der Waals surface area (Å²) in [5, 5.41) is 10.4. The lowest BCUT2D eigenvalue weighted by Crippen LogP contribution is -2.33. The highest BCUT2D eigenvalue weighted by atomic mass is 32.2. The largest absolute Gasteiger partial charge is 0.452 e. The number of carbonyl (C=O) groups is 1. The zero-order valence-corrected chi connectivity index (χ0v) is 9.84. The van der Waals surface area contributed by atoms with Crippen LogP contribution in [0.3, 0.4) is 0 Å². The summed E-state index contributed by atoms with van der Waals surface area (Å²) in [6, 6.07) is 4.27. The first-order valence-corrected chi connectivity index (χ1v) is 5.79. The Kier molecular flexibility index (Phi) is 4.05. The molecule has 0 spiro atoms. The van der Waals surface area contributed by atoms with Gasteiger partial charge in [0.05, 0.1) is 12.0 Å². The van der Waals surface area contributed by atoms with Gasteiger partial charge in [-0.25, -0.2) is 4.79 Å². The summed E-state index contributed by atoms with van der Waals surface area (Å²) in [7, 11) is -3.39. The minimum absolute atomic E-state index is 0.183. The number of nitro benzene ring substituents is 1. The standard InChI is InChI=1S/C8H8N2O7S/c1-16-8(11)9-18(14,15)17-7-4-2-6(3-5-7)10(12)13/h2-5H,1H3,(H,9,11). The molecule has 0 saturated heterocycles. The average molecular weight is 276 g/mol. The van der Waals surface area contributed by atoms with Crippen LogP contribution in [0.2, 0.25) is 0 Å². The van der Waals surface area contributed by atoms with Crippen LogP contribution in [-0.4, -0.2) is 26.5 Å². The summed E-state index contributed by atoms with van der Waals surface area (Å²) < 4.78 is 32.4. The fourth-order valence-corrected chi connectivity index (χ4v) is 1.61. The average Bonchev–Trinajstić information content (AvgIpc) is 2.28. The Hall–Kier alpha value is -2.36. The van der Waals surface area contributed by atoms with Gasteiger partial charge in [0.2, 0.25) is 0 Å². The second kappa shape index (κ2) is 5.31. The van der Waals surface area contributed by atoms with Gasteiger partial charge in [0.25, 0.3) is 5.69 Å². The Labute approximate surface area is 102 Å². The van der Waals surface area contributed by atoms with E-state index in [1.807, 2.05) is 0 Å². The molecule has 0 aliphatic rings. The number of nitrogens with zero attached hydrogens (tertiary/aromatic N) is 1. The van der Waals surface area contributed by atoms with E-state index >= 15 is 0 Å². The van der Waals surface area contributed by atoms with Crippen molar-refractivity contribution in [2.45, 2.75) is 0 Å². The quantitative estimate of drug-likeness (QED) is 0.629. The van der Waals surface area contributed by atoms with E-state index in [0.29, 0.717) is 0 Å². The highest BCUT2D eigenvalue weighted by molar-refractivity contribution is 7.85. The van der Waals surface area contributed by atoms with Gasteiger partial charge in [0.15, 0.2) is 0 Å². The van der Waals surface area contributed by atoms with E-state index < -0.39 is 21.3 Å². The van der Waals surface area contributed by atoms with Crippen LogP contribution >= 0.6 is 0 Å². The maximum Gasteiger partial charge on any atom is 0.423 e. The summed E-state index contributed by atoms with van der Waals surface area (Å²) in [4.78, 5) is 20.4. The number of benzene rings is 1. The molecule has 0 saturated carbocycles. The lowest BCUT2D eigenvalue weighted by Gasteiger charge is -2.06. The fourth-order valence-electron chi connectivity index (χ4n) is 0.915. The summed E-state index contributed by atoms with van der Waals surface area (Å²) in [6.45, 7) is 0. The second-order valence-electron chi connectivity index (χ2n) is 2.88. The lowest BCUT2D eigenvalue weighted by molar-refractivity contribution is -0.384. The van der Waals surface area contributed by atoms with Crippen LogP contribution in [0.1, 0.15) is 0 Å². The minimum Gasteiger partial charge on any atom is -0.452 e. The van der Waals surface area contributed by atoms with Crippen LogP contribution in [0.5, 0.6) is 5.75 Å².